The number of halogens is 1. The summed E-state index contributed by atoms with van der Waals surface area (Å²) in [6, 6.07) is 2.49. The van der Waals surface area contributed by atoms with E-state index in [1.54, 1.807) is 4.90 Å². The predicted octanol–water partition coefficient (Wildman–Crippen LogP) is 2.25. The molecule has 0 aromatic carbocycles. The van der Waals surface area contributed by atoms with Crippen molar-refractivity contribution in [2.45, 2.75) is 25.9 Å². The Labute approximate surface area is 111 Å². The number of aromatic nitrogens is 1. The number of nitrogens with zero attached hydrogens (tertiary/aromatic N) is 2. The highest BCUT2D eigenvalue weighted by molar-refractivity contribution is 5.88. The number of amides is 2. The van der Waals surface area contributed by atoms with Crippen molar-refractivity contribution < 1.29 is 13.9 Å². The van der Waals surface area contributed by atoms with Gasteiger partial charge in [0.05, 0.1) is 18.9 Å². The number of carbonyl (C=O) groups excluding carboxylic acids is 1. The molecule has 104 valence electrons. The minimum atomic E-state index is -0.424. The lowest BCUT2D eigenvalue weighted by Crippen LogP contribution is -2.47. The molecule has 1 N–H and O–H groups in total. The first kappa shape index (κ1) is 13.7. The maximum absolute atomic E-state index is 12.7. The van der Waals surface area contributed by atoms with E-state index in [0.29, 0.717) is 25.5 Å². The van der Waals surface area contributed by atoms with Crippen molar-refractivity contribution in [1.82, 2.24) is 9.88 Å². The first-order chi connectivity index (χ1) is 9.19. The Morgan fingerprint density at radius 3 is 3.16 bits per heavy atom. The van der Waals surface area contributed by atoms with E-state index in [9.17, 15) is 9.18 Å². The molecule has 2 rings (SSSR count). The highest BCUT2D eigenvalue weighted by Gasteiger charge is 2.23. The Bertz CT molecular complexity index is 422. The topological polar surface area (TPSA) is 54.5 Å². The number of carbonyl (C=O) groups is 1. The Hall–Kier alpha value is -1.69. The summed E-state index contributed by atoms with van der Waals surface area (Å²) in [6.45, 7) is 3.79. The van der Waals surface area contributed by atoms with Crippen molar-refractivity contribution in [1.29, 1.82) is 0 Å². The zero-order valence-electron chi connectivity index (χ0n) is 10.9. The normalized spacial score (nSPS) is 19.3. The number of anilines is 1. The monoisotopic (exact) mass is 267 g/mol. The third-order valence-electron chi connectivity index (χ3n) is 3.00. The molecule has 0 spiro atoms. The minimum Gasteiger partial charge on any atom is -0.375 e. The fraction of sp³-hybridized carbons (Fsp3) is 0.538. The third-order valence-corrected chi connectivity index (χ3v) is 3.00. The molecule has 1 aromatic heterocycles. The van der Waals surface area contributed by atoms with Crippen LogP contribution >= 0.6 is 0 Å². The van der Waals surface area contributed by atoms with Crippen LogP contribution in [-0.4, -0.2) is 41.7 Å². The quantitative estimate of drug-likeness (QED) is 0.914. The lowest BCUT2D eigenvalue weighted by molar-refractivity contribution is -0.0162. The fourth-order valence-corrected chi connectivity index (χ4v) is 2.04. The summed E-state index contributed by atoms with van der Waals surface area (Å²) in [5.74, 6) is -0.0719. The molecule has 0 aliphatic carbocycles. The summed E-state index contributed by atoms with van der Waals surface area (Å²) in [4.78, 5) is 17.5. The van der Waals surface area contributed by atoms with Crippen molar-refractivity contribution in [2.75, 3.05) is 25.0 Å². The van der Waals surface area contributed by atoms with Crippen molar-refractivity contribution in [2.24, 2.45) is 0 Å². The van der Waals surface area contributed by atoms with E-state index < -0.39 is 5.82 Å². The van der Waals surface area contributed by atoms with Crippen LogP contribution in [0.5, 0.6) is 0 Å². The Balaban J connectivity index is 1.90. The van der Waals surface area contributed by atoms with Gasteiger partial charge in [-0.15, -0.1) is 0 Å². The molecule has 1 aliphatic rings. The van der Waals surface area contributed by atoms with Gasteiger partial charge in [0.25, 0.3) is 0 Å². The molecule has 1 atom stereocenters. The summed E-state index contributed by atoms with van der Waals surface area (Å²) in [5, 5.41) is 2.66. The van der Waals surface area contributed by atoms with E-state index >= 15 is 0 Å². The first-order valence-corrected chi connectivity index (χ1v) is 6.48. The number of ether oxygens (including phenoxy) is 1. The first-order valence-electron chi connectivity index (χ1n) is 6.48. The number of nitrogens with one attached hydrogen (secondary N) is 1. The molecule has 2 heterocycles. The van der Waals surface area contributed by atoms with Gasteiger partial charge in [0.15, 0.2) is 0 Å². The predicted molar refractivity (Wildman–Crippen MR) is 69.4 cm³/mol. The summed E-state index contributed by atoms with van der Waals surface area (Å²) in [5.41, 5.74) is 0. The van der Waals surface area contributed by atoms with Crippen LogP contribution in [0.2, 0.25) is 0 Å². The molecular weight excluding hydrogens is 249 g/mol. The van der Waals surface area contributed by atoms with E-state index in [0.717, 1.165) is 19.0 Å². The number of pyridine rings is 1. The van der Waals surface area contributed by atoms with Crippen LogP contribution in [0.25, 0.3) is 0 Å². The molecule has 2 amide bonds. The zero-order valence-corrected chi connectivity index (χ0v) is 10.9. The molecule has 1 aromatic rings. The van der Waals surface area contributed by atoms with Gasteiger partial charge in [-0.05, 0) is 18.6 Å². The number of morpholine rings is 1. The standard InChI is InChI=1S/C13H18FN3O2/c1-2-3-11-9-17(6-7-19-11)13(18)16-12-5-4-10(14)8-15-12/h4-5,8,11H,2-3,6-7,9H2,1H3,(H,15,16,18)/t11-/m0/s1. The van der Waals surface area contributed by atoms with E-state index in [2.05, 4.69) is 17.2 Å². The average Bonchev–Trinajstić information content (AvgIpc) is 2.42. The highest BCUT2D eigenvalue weighted by Crippen LogP contribution is 2.12. The maximum Gasteiger partial charge on any atom is 0.323 e. The maximum atomic E-state index is 12.7. The van der Waals surface area contributed by atoms with Crippen LogP contribution in [0.1, 0.15) is 19.8 Å². The van der Waals surface area contributed by atoms with Gasteiger partial charge >= 0.3 is 6.03 Å². The van der Waals surface area contributed by atoms with Crippen LogP contribution in [-0.2, 0) is 4.74 Å². The Kier molecular flexibility index (Phi) is 4.68. The van der Waals surface area contributed by atoms with Gasteiger partial charge in [-0.2, -0.15) is 0 Å². The van der Waals surface area contributed by atoms with Crippen molar-refractivity contribution in [3.63, 3.8) is 0 Å². The van der Waals surface area contributed by atoms with E-state index in [4.69, 9.17) is 4.74 Å². The second-order valence-electron chi connectivity index (χ2n) is 4.52. The van der Waals surface area contributed by atoms with Gasteiger partial charge in [-0.3, -0.25) is 5.32 Å². The largest absolute Gasteiger partial charge is 0.375 e. The van der Waals surface area contributed by atoms with Crippen LogP contribution in [0, 0.1) is 5.82 Å². The molecule has 0 radical (unpaired) electrons. The van der Waals surface area contributed by atoms with Crippen molar-refractivity contribution in [3.05, 3.63) is 24.1 Å². The summed E-state index contributed by atoms with van der Waals surface area (Å²) < 4.78 is 18.3. The molecular formula is C13H18FN3O2. The second-order valence-corrected chi connectivity index (χ2v) is 4.52. The lowest BCUT2D eigenvalue weighted by atomic mass is 10.2. The lowest BCUT2D eigenvalue weighted by Gasteiger charge is -2.32. The minimum absolute atomic E-state index is 0.102. The molecule has 0 saturated carbocycles. The van der Waals surface area contributed by atoms with E-state index in [1.165, 1.54) is 12.1 Å². The number of hydrogen-bond donors (Lipinski definition) is 1. The Morgan fingerprint density at radius 1 is 1.63 bits per heavy atom. The smallest absolute Gasteiger partial charge is 0.323 e. The van der Waals surface area contributed by atoms with Gasteiger partial charge in [0.2, 0.25) is 0 Å². The van der Waals surface area contributed by atoms with Crippen LogP contribution in [0.4, 0.5) is 15.0 Å². The molecule has 0 bridgehead atoms. The van der Waals surface area contributed by atoms with Crippen molar-refractivity contribution in [3.8, 4) is 0 Å². The summed E-state index contributed by atoms with van der Waals surface area (Å²) in [7, 11) is 0. The van der Waals surface area contributed by atoms with E-state index in [-0.39, 0.29) is 12.1 Å². The number of hydrogen-bond acceptors (Lipinski definition) is 3. The Morgan fingerprint density at radius 2 is 2.47 bits per heavy atom. The van der Waals surface area contributed by atoms with Crippen LogP contribution in [0.15, 0.2) is 18.3 Å². The SMILES string of the molecule is CCC[C@H]1CN(C(=O)Nc2ccc(F)cn2)CCO1. The molecule has 5 nitrogen and oxygen atoms in total. The second kappa shape index (κ2) is 6.47. The van der Waals surface area contributed by atoms with Crippen LogP contribution < -0.4 is 5.32 Å². The molecule has 1 saturated heterocycles. The fourth-order valence-electron chi connectivity index (χ4n) is 2.04. The third kappa shape index (κ3) is 3.89. The molecule has 6 heteroatoms. The van der Waals surface area contributed by atoms with Gasteiger partial charge in [-0.25, -0.2) is 14.2 Å². The molecule has 0 unspecified atom stereocenters. The highest BCUT2D eigenvalue weighted by atomic mass is 19.1. The molecule has 1 aliphatic heterocycles. The van der Waals surface area contributed by atoms with Gasteiger partial charge in [0.1, 0.15) is 11.6 Å². The number of urea groups is 1. The molecule has 1 fully saturated rings. The van der Waals surface area contributed by atoms with Gasteiger partial charge < -0.3 is 9.64 Å². The van der Waals surface area contributed by atoms with Crippen molar-refractivity contribution >= 4 is 11.8 Å². The van der Waals surface area contributed by atoms with Crippen LogP contribution in [0.3, 0.4) is 0 Å². The summed E-state index contributed by atoms with van der Waals surface area (Å²) >= 11 is 0. The zero-order chi connectivity index (χ0) is 13.7. The number of rotatable bonds is 3. The van der Waals surface area contributed by atoms with Gasteiger partial charge in [0, 0.05) is 13.1 Å². The summed E-state index contributed by atoms with van der Waals surface area (Å²) in [6.07, 6.45) is 3.15. The molecule has 19 heavy (non-hydrogen) atoms. The average molecular weight is 267 g/mol. The van der Waals surface area contributed by atoms with Gasteiger partial charge in [-0.1, -0.05) is 13.3 Å². The van der Waals surface area contributed by atoms with E-state index in [1.807, 2.05) is 0 Å².